The molecule has 1 aromatic carbocycles. The highest BCUT2D eigenvalue weighted by Gasteiger charge is 2.08. The fourth-order valence-electron chi connectivity index (χ4n) is 2.16. The quantitative estimate of drug-likeness (QED) is 0.647. The van der Waals surface area contributed by atoms with Crippen molar-refractivity contribution in [1.82, 2.24) is 14.8 Å². The maximum Gasteiger partial charge on any atom is 0.256 e. The summed E-state index contributed by atoms with van der Waals surface area (Å²) in [5.41, 5.74) is 1.84. The molecule has 2 heterocycles. The normalized spacial score (nSPS) is 10.5. The summed E-state index contributed by atoms with van der Waals surface area (Å²) < 4.78 is 2.85. The van der Waals surface area contributed by atoms with E-state index in [4.69, 9.17) is 0 Å². The zero-order valence-corrected chi connectivity index (χ0v) is 14.5. The van der Waals surface area contributed by atoms with Crippen LogP contribution >= 0.6 is 22.6 Å². The fourth-order valence-corrected chi connectivity index (χ4v) is 2.71. The highest BCUT2D eigenvalue weighted by Crippen LogP contribution is 2.11. The highest BCUT2D eigenvalue weighted by molar-refractivity contribution is 14.1. The second-order valence-corrected chi connectivity index (χ2v) is 6.28. The lowest BCUT2D eigenvalue weighted by atomic mass is 10.2. The number of hydrogen-bond acceptors (Lipinski definition) is 3. The van der Waals surface area contributed by atoms with E-state index < -0.39 is 0 Å². The van der Waals surface area contributed by atoms with Gasteiger partial charge in [-0.3, -0.25) is 14.5 Å². The van der Waals surface area contributed by atoms with E-state index in [-0.39, 0.29) is 5.91 Å². The van der Waals surface area contributed by atoms with Gasteiger partial charge in [0.05, 0.1) is 0 Å². The predicted octanol–water partition coefficient (Wildman–Crippen LogP) is 3.38. The van der Waals surface area contributed by atoms with E-state index in [9.17, 15) is 4.79 Å². The maximum atomic E-state index is 12.2. The zero-order valence-electron chi connectivity index (χ0n) is 12.3. The van der Waals surface area contributed by atoms with E-state index in [1.807, 2.05) is 41.2 Å². The topological polar surface area (TPSA) is 59.8 Å². The molecule has 0 fully saturated rings. The number of nitrogens with zero attached hydrogens (tertiary/aromatic N) is 3. The standard InChI is InChI=1S/C17H15IN4O/c18-15-3-1-2-14(12-15)17(23)20-16-7-11-22(21-16)10-6-13-4-8-19-9-5-13/h1-5,7-9,11-12H,6,10H2,(H,20,21,23). The van der Waals surface area contributed by atoms with Gasteiger partial charge >= 0.3 is 0 Å². The first-order chi connectivity index (χ1) is 11.2. The van der Waals surface area contributed by atoms with E-state index in [0.717, 1.165) is 16.5 Å². The summed E-state index contributed by atoms with van der Waals surface area (Å²) in [7, 11) is 0. The molecule has 0 aliphatic carbocycles. The number of aromatic nitrogens is 3. The summed E-state index contributed by atoms with van der Waals surface area (Å²) in [6, 6.07) is 13.2. The number of pyridine rings is 1. The van der Waals surface area contributed by atoms with Gasteiger partial charge in [-0.15, -0.1) is 0 Å². The Morgan fingerprint density at radius 2 is 2.00 bits per heavy atom. The summed E-state index contributed by atoms with van der Waals surface area (Å²) in [5.74, 6) is 0.409. The van der Waals surface area contributed by atoms with Crippen molar-refractivity contribution >= 4 is 34.3 Å². The van der Waals surface area contributed by atoms with Gasteiger partial charge in [-0.05, 0) is 64.9 Å². The fraction of sp³-hybridized carbons (Fsp3) is 0.118. The van der Waals surface area contributed by atoms with Crippen LogP contribution in [-0.2, 0) is 13.0 Å². The molecule has 116 valence electrons. The number of halogens is 1. The molecule has 3 rings (SSSR count). The first kappa shape index (κ1) is 15.7. The number of amides is 1. The lowest BCUT2D eigenvalue weighted by Gasteiger charge is -2.03. The third-order valence-electron chi connectivity index (χ3n) is 3.35. The molecule has 5 nitrogen and oxygen atoms in total. The molecule has 1 N–H and O–H groups in total. The Labute approximate surface area is 147 Å². The maximum absolute atomic E-state index is 12.2. The van der Waals surface area contributed by atoms with Gasteiger partial charge in [0.15, 0.2) is 5.82 Å². The Morgan fingerprint density at radius 3 is 2.78 bits per heavy atom. The van der Waals surface area contributed by atoms with Gasteiger partial charge in [0, 0.05) is 40.3 Å². The predicted molar refractivity (Wildman–Crippen MR) is 97.3 cm³/mol. The minimum Gasteiger partial charge on any atom is -0.305 e. The van der Waals surface area contributed by atoms with Crippen LogP contribution in [0.3, 0.4) is 0 Å². The van der Waals surface area contributed by atoms with Crippen molar-refractivity contribution in [3.63, 3.8) is 0 Å². The van der Waals surface area contributed by atoms with Crippen LogP contribution < -0.4 is 5.32 Å². The molecule has 0 atom stereocenters. The summed E-state index contributed by atoms with van der Waals surface area (Å²) in [6.07, 6.45) is 6.30. The number of carbonyl (C=O) groups is 1. The van der Waals surface area contributed by atoms with Gasteiger partial charge in [-0.25, -0.2) is 0 Å². The second-order valence-electron chi connectivity index (χ2n) is 5.03. The molecule has 2 aromatic heterocycles. The number of rotatable bonds is 5. The lowest BCUT2D eigenvalue weighted by molar-refractivity contribution is 0.102. The van der Waals surface area contributed by atoms with Gasteiger partial charge in [-0.1, -0.05) is 6.07 Å². The van der Waals surface area contributed by atoms with E-state index in [0.29, 0.717) is 11.4 Å². The van der Waals surface area contributed by atoms with E-state index in [1.165, 1.54) is 5.56 Å². The monoisotopic (exact) mass is 418 g/mol. The minimum atomic E-state index is -0.150. The van der Waals surface area contributed by atoms with Crippen molar-refractivity contribution in [1.29, 1.82) is 0 Å². The molecule has 1 amide bonds. The largest absolute Gasteiger partial charge is 0.305 e. The summed E-state index contributed by atoms with van der Waals surface area (Å²) in [6.45, 7) is 0.753. The molecule has 0 unspecified atom stereocenters. The summed E-state index contributed by atoms with van der Waals surface area (Å²) in [5, 5.41) is 7.20. The van der Waals surface area contributed by atoms with Crippen LogP contribution in [0.15, 0.2) is 61.1 Å². The molecular formula is C17H15IN4O. The van der Waals surface area contributed by atoms with Crippen LogP contribution in [0.2, 0.25) is 0 Å². The zero-order chi connectivity index (χ0) is 16.1. The molecule has 23 heavy (non-hydrogen) atoms. The SMILES string of the molecule is O=C(Nc1ccn(CCc2ccncc2)n1)c1cccc(I)c1. The molecule has 0 radical (unpaired) electrons. The number of benzene rings is 1. The third kappa shape index (κ3) is 4.38. The Balaban J connectivity index is 1.60. The number of nitrogens with one attached hydrogen (secondary N) is 1. The van der Waals surface area contributed by atoms with Crippen LogP contribution in [0.1, 0.15) is 15.9 Å². The Kier molecular flexibility index (Phi) is 5.02. The first-order valence-corrected chi connectivity index (χ1v) is 8.28. The van der Waals surface area contributed by atoms with Crippen LogP contribution in [0, 0.1) is 3.57 Å². The average Bonchev–Trinajstić information content (AvgIpc) is 3.01. The van der Waals surface area contributed by atoms with Gasteiger partial charge < -0.3 is 5.32 Å². The molecule has 0 spiro atoms. The molecule has 6 heteroatoms. The van der Waals surface area contributed by atoms with Crippen molar-refractivity contribution in [2.24, 2.45) is 0 Å². The van der Waals surface area contributed by atoms with Crippen LogP contribution in [0.25, 0.3) is 0 Å². The van der Waals surface area contributed by atoms with Gasteiger partial charge in [-0.2, -0.15) is 5.10 Å². The summed E-state index contributed by atoms with van der Waals surface area (Å²) in [4.78, 5) is 16.2. The number of anilines is 1. The molecule has 3 aromatic rings. The number of carbonyl (C=O) groups excluding carboxylic acids is 1. The smallest absolute Gasteiger partial charge is 0.256 e. The minimum absolute atomic E-state index is 0.150. The molecule has 0 aliphatic heterocycles. The number of aryl methyl sites for hydroxylation is 2. The Hall–Kier alpha value is -2.22. The van der Waals surface area contributed by atoms with Crippen molar-refractivity contribution in [2.45, 2.75) is 13.0 Å². The van der Waals surface area contributed by atoms with E-state index in [2.05, 4.69) is 38.0 Å². The van der Waals surface area contributed by atoms with Crippen LogP contribution in [-0.4, -0.2) is 20.7 Å². The Morgan fingerprint density at radius 1 is 1.17 bits per heavy atom. The van der Waals surface area contributed by atoms with Crippen molar-refractivity contribution in [3.8, 4) is 0 Å². The molecular weight excluding hydrogens is 403 g/mol. The van der Waals surface area contributed by atoms with E-state index in [1.54, 1.807) is 24.5 Å². The number of hydrogen-bond donors (Lipinski definition) is 1. The lowest BCUT2D eigenvalue weighted by Crippen LogP contribution is -2.13. The van der Waals surface area contributed by atoms with E-state index >= 15 is 0 Å². The Bertz CT molecular complexity index is 801. The van der Waals surface area contributed by atoms with Crippen LogP contribution in [0.4, 0.5) is 5.82 Å². The van der Waals surface area contributed by atoms with Gasteiger partial charge in [0.25, 0.3) is 5.91 Å². The molecule has 0 bridgehead atoms. The van der Waals surface area contributed by atoms with Crippen molar-refractivity contribution in [2.75, 3.05) is 5.32 Å². The average molecular weight is 418 g/mol. The van der Waals surface area contributed by atoms with Crippen LogP contribution in [0.5, 0.6) is 0 Å². The van der Waals surface area contributed by atoms with Crippen molar-refractivity contribution in [3.05, 3.63) is 75.8 Å². The highest BCUT2D eigenvalue weighted by atomic mass is 127. The molecule has 0 aliphatic rings. The molecule has 0 saturated carbocycles. The van der Waals surface area contributed by atoms with Gasteiger partial charge in [0.2, 0.25) is 0 Å². The third-order valence-corrected chi connectivity index (χ3v) is 4.02. The first-order valence-electron chi connectivity index (χ1n) is 7.20. The van der Waals surface area contributed by atoms with Crippen molar-refractivity contribution < 1.29 is 4.79 Å². The summed E-state index contributed by atoms with van der Waals surface area (Å²) >= 11 is 2.19. The second kappa shape index (κ2) is 7.36. The molecule has 0 saturated heterocycles. The van der Waals surface area contributed by atoms with Gasteiger partial charge in [0.1, 0.15) is 0 Å².